The van der Waals surface area contributed by atoms with E-state index in [1.165, 1.54) is 10.8 Å². The minimum atomic E-state index is -1.58. The third kappa shape index (κ3) is 14.9. The molecule has 1 aromatic rings. The summed E-state index contributed by atoms with van der Waals surface area (Å²) < 4.78 is 17.4. The van der Waals surface area contributed by atoms with Crippen LogP contribution >= 0.6 is 0 Å². The van der Waals surface area contributed by atoms with Gasteiger partial charge >= 0.3 is 31.2 Å². The van der Waals surface area contributed by atoms with Crippen LogP contribution in [0.1, 0.15) is 80.8 Å². The van der Waals surface area contributed by atoms with Gasteiger partial charge in [-0.05, 0) is 86.4 Å². The number of amides is 1. The average molecular weight is 608 g/mol. The zero-order valence-corrected chi connectivity index (χ0v) is 26.3. The molecule has 1 aromatic heterocycles. The summed E-state index contributed by atoms with van der Waals surface area (Å²) in [4.78, 5) is 51.5. The van der Waals surface area contributed by atoms with Crippen molar-refractivity contribution in [1.29, 1.82) is 0 Å². The van der Waals surface area contributed by atoms with Crippen LogP contribution in [0.3, 0.4) is 0 Å². The number of carbonyl (C=O) groups excluding carboxylic acids is 3. The van der Waals surface area contributed by atoms with E-state index in [-0.39, 0.29) is 24.9 Å². The molecule has 2 rings (SSSR count). The number of rotatable bonds is 8. The molecule has 0 aromatic carbocycles. The lowest BCUT2D eigenvalue weighted by molar-refractivity contribution is -0.157. The summed E-state index contributed by atoms with van der Waals surface area (Å²) in [5.74, 6) is -1.70. The second-order valence-corrected chi connectivity index (χ2v) is 12.9. The molecule has 1 amide bonds. The molecule has 2 atom stereocenters. The Balaban J connectivity index is 0.000000549. The van der Waals surface area contributed by atoms with E-state index in [1.807, 2.05) is 0 Å². The highest BCUT2D eigenvalue weighted by Gasteiger charge is 2.31. The highest BCUT2D eigenvalue weighted by Crippen LogP contribution is 2.18. The second-order valence-electron chi connectivity index (χ2n) is 12.9. The fourth-order valence-electron chi connectivity index (χ4n) is 3.45. The van der Waals surface area contributed by atoms with E-state index in [4.69, 9.17) is 35.1 Å². The number of nitrogens with one attached hydrogen (secondary N) is 1. The van der Waals surface area contributed by atoms with Crippen LogP contribution in [0.5, 0.6) is 0 Å². The number of aromatic nitrogens is 1. The van der Waals surface area contributed by atoms with Gasteiger partial charge < -0.3 is 40.4 Å². The third-order valence-corrected chi connectivity index (χ3v) is 5.14. The quantitative estimate of drug-likeness (QED) is 0.164. The van der Waals surface area contributed by atoms with Gasteiger partial charge in [-0.1, -0.05) is 0 Å². The molecule has 0 saturated carbocycles. The van der Waals surface area contributed by atoms with Crippen molar-refractivity contribution in [3.05, 3.63) is 35.8 Å². The topological polar surface area (TPSA) is 212 Å². The zero-order valence-electron chi connectivity index (χ0n) is 26.3. The normalized spacial score (nSPS) is 14.7. The Morgan fingerprint density at radius 3 is 2.00 bits per heavy atom. The standard InChI is InChI=1S/C21H34N2O6.C7H11BN2O4/c1-19(2,3)27-16(24)15(22-17(25)28-20(4,5)6)13-14-11-10-12-23(14)18(26)29-21(7,8)9;9-5(7(11)12)1-4-2-6(8(13)14)10-3-4/h10-12,15H,13H2,1-9H3,(H,22,25);3,5,13-14H,1-2,9H2,(H,11,12)/t15-;5-/m00/s1. The minimum absolute atomic E-state index is 0.0282. The Bertz CT molecular complexity index is 1200. The van der Waals surface area contributed by atoms with Crippen LogP contribution in [-0.4, -0.2) is 85.5 Å². The predicted octanol–water partition coefficient (Wildman–Crippen LogP) is 2.58. The third-order valence-electron chi connectivity index (χ3n) is 5.14. The number of aliphatic carboxylic acids is 1. The highest BCUT2D eigenvalue weighted by atomic mass is 16.6. The summed E-state index contributed by atoms with van der Waals surface area (Å²) >= 11 is 0. The molecule has 2 heterocycles. The summed E-state index contributed by atoms with van der Waals surface area (Å²) in [6, 6.07) is 1.34. The first-order valence-corrected chi connectivity index (χ1v) is 13.7. The summed E-state index contributed by atoms with van der Waals surface area (Å²) in [7, 11) is -1.58. The van der Waals surface area contributed by atoms with Crippen molar-refractivity contribution < 1.29 is 48.5 Å². The first kappa shape index (κ1) is 37.3. The number of carbonyl (C=O) groups is 4. The molecule has 43 heavy (non-hydrogen) atoms. The van der Waals surface area contributed by atoms with E-state index in [0.717, 1.165) is 0 Å². The lowest BCUT2D eigenvalue weighted by atomic mass is 9.80. The molecule has 0 radical (unpaired) electrons. The number of alkyl carbamates (subject to hydrolysis) is 1. The van der Waals surface area contributed by atoms with Crippen molar-refractivity contribution in [2.75, 3.05) is 0 Å². The van der Waals surface area contributed by atoms with E-state index in [1.54, 1.807) is 80.6 Å². The van der Waals surface area contributed by atoms with Crippen molar-refractivity contribution in [3.63, 3.8) is 0 Å². The second kappa shape index (κ2) is 15.2. The van der Waals surface area contributed by atoms with Crippen molar-refractivity contribution in [3.8, 4) is 0 Å². The maximum absolute atomic E-state index is 12.7. The number of hydrogen-bond acceptors (Lipinski definition) is 11. The number of esters is 1. The van der Waals surface area contributed by atoms with Crippen LogP contribution in [0.2, 0.25) is 0 Å². The molecule has 14 nitrogen and oxygen atoms in total. The number of carboxylic acid groups (broad SMARTS) is 1. The van der Waals surface area contributed by atoms with Gasteiger partial charge in [-0.2, -0.15) is 0 Å². The SMILES string of the molecule is CC(C)(C)OC(=O)N[C@@H](Cc1cccn1C(=O)OC(C)(C)C)C(=O)OC(C)(C)C.N[C@@H](CC1=CN=C(B(O)O)C1)C(=O)O. The average Bonchev–Trinajstić information content (AvgIpc) is 3.45. The molecule has 0 spiro atoms. The largest absolute Gasteiger partial charge is 0.504 e. The Hall–Kier alpha value is -3.69. The zero-order chi connectivity index (χ0) is 33.3. The molecule has 0 saturated heterocycles. The van der Waals surface area contributed by atoms with Crippen LogP contribution in [0, 0.1) is 0 Å². The number of aliphatic imine (C=N–C) groups is 1. The fourth-order valence-corrected chi connectivity index (χ4v) is 3.45. The molecule has 1 aliphatic heterocycles. The molecule has 0 fully saturated rings. The van der Waals surface area contributed by atoms with Crippen LogP contribution in [0.4, 0.5) is 9.59 Å². The van der Waals surface area contributed by atoms with Gasteiger partial charge in [0.05, 0.1) is 5.61 Å². The first-order chi connectivity index (χ1) is 19.5. The molecular formula is C28H45BN4O10. The van der Waals surface area contributed by atoms with Crippen LogP contribution in [-0.2, 0) is 30.2 Å². The highest BCUT2D eigenvalue weighted by molar-refractivity contribution is 6.80. The summed E-state index contributed by atoms with van der Waals surface area (Å²) in [5, 5.41) is 28.6. The fraction of sp³-hybridized carbons (Fsp3) is 0.607. The van der Waals surface area contributed by atoms with Gasteiger partial charge in [-0.25, -0.2) is 14.4 Å². The number of nitrogens with two attached hydrogens (primary N) is 1. The lowest BCUT2D eigenvalue weighted by Gasteiger charge is -2.26. The summed E-state index contributed by atoms with van der Waals surface area (Å²) in [5.41, 5.74) is 4.58. The van der Waals surface area contributed by atoms with Gasteiger partial charge in [0.25, 0.3) is 0 Å². The molecular weight excluding hydrogens is 563 g/mol. The Kier molecular flexibility index (Phi) is 13.2. The van der Waals surface area contributed by atoms with E-state index in [9.17, 15) is 19.2 Å². The Labute approximate surface area is 252 Å². The lowest BCUT2D eigenvalue weighted by Crippen LogP contribution is -2.47. The molecule has 0 unspecified atom stereocenters. The predicted molar refractivity (Wildman–Crippen MR) is 159 cm³/mol. The van der Waals surface area contributed by atoms with Crippen LogP contribution in [0.25, 0.3) is 0 Å². The smallest absolute Gasteiger partial charge is 0.480 e. The minimum Gasteiger partial charge on any atom is -0.480 e. The van der Waals surface area contributed by atoms with E-state index in [0.29, 0.717) is 11.3 Å². The van der Waals surface area contributed by atoms with Gasteiger partial charge in [0.15, 0.2) is 0 Å². The van der Waals surface area contributed by atoms with Gasteiger partial charge in [-0.3, -0.25) is 14.4 Å². The number of carboxylic acids is 1. The number of nitrogens with zero attached hydrogens (tertiary/aromatic N) is 2. The van der Waals surface area contributed by atoms with Crippen molar-refractivity contribution >= 4 is 36.9 Å². The molecule has 15 heteroatoms. The molecule has 6 N–H and O–H groups in total. The Morgan fingerprint density at radius 2 is 1.53 bits per heavy atom. The van der Waals surface area contributed by atoms with Crippen molar-refractivity contribution in [2.45, 2.75) is 110 Å². The van der Waals surface area contributed by atoms with Gasteiger partial charge in [0, 0.05) is 30.9 Å². The van der Waals surface area contributed by atoms with Crippen molar-refractivity contribution in [2.24, 2.45) is 10.7 Å². The van der Waals surface area contributed by atoms with Crippen LogP contribution < -0.4 is 11.1 Å². The maximum Gasteiger partial charge on any atom is 0.504 e. The monoisotopic (exact) mass is 608 g/mol. The summed E-state index contributed by atoms with van der Waals surface area (Å²) in [6.45, 7) is 15.7. The molecule has 0 bridgehead atoms. The first-order valence-electron chi connectivity index (χ1n) is 13.7. The van der Waals surface area contributed by atoms with Crippen molar-refractivity contribution in [1.82, 2.24) is 9.88 Å². The number of hydrogen-bond donors (Lipinski definition) is 5. The van der Waals surface area contributed by atoms with Gasteiger partial charge in [0.1, 0.15) is 28.9 Å². The Morgan fingerprint density at radius 1 is 0.977 bits per heavy atom. The number of ether oxygens (including phenoxy) is 3. The molecule has 240 valence electrons. The van der Waals surface area contributed by atoms with E-state index in [2.05, 4.69) is 10.3 Å². The molecule has 0 aliphatic carbocycles. The van der Waals surface area contributed by atoms with Gasteiger partial charge in [0.2, 0.25) is 0 Å². The van der Waals surface area contributed by atoms with E-state index >= 15 is 0 Å². The maximum atomic E-state index is 12.7. The molecule has 1 aliphatic rings. The summed E-state index contributed by atoms with van der Waals surface area (Å²) in [6.07, 6.45) is 2.13. The van der Waals surface area contributed by atoms with Crippen LogP contribution in [0.15, 0.2) is 35.1 Å². The van der Waals surface area contributed by atoms with E-state index < -0.39 is 60.1 Å². The van der Waals surface area contributed by atoms with Gasteiger partial charge in [-0.15, -0.1) is 0 Å².